The van der Waals surface area contributed by atoms with Gasteiger partial charge in [-0.05, 0) is 36.6 Å². The van der Waals surface area contributed by atoms with Crippen molar-refractivity contribution in [3.63, 3.8) is 0 Å². The van der Waals surface area contributed by atoms with E-state index in [1.807, 2.05) is 19.1 Å². The Kier molecular flexibility index (Phi) is 5.08. The molecule has 0 aliphatic carbocycles. The first-order valence-corrected chi connectivity index (χ1v) is 9.59. The van der Waals surface area contributed by atoms with Crippen LogP contribution in [0.15, 0.2) is 72.8 Å². The van der Waals surface area contributed by atoms with E-state index in [0.29, 0.717) is 11.1 Å². The Bertz CT molecular complexity index is 1190. The standard InChI is InChI=1S/C25H18F3NO2/c1-17-10-12-18(13-11-17)14-15-24(31)20-8-5-9-21(25(26,27)28)22(20)29(23(24)30)16-19-6-3-2-4-7-19/h2-13,31H,16H2,1H3/t24-/m0/s1. The molecule has 3 nitrogen and oxygen atoms in total. The SMILES string of the molecule is Cc1ccc(C#C[C@@]2(O)C(=O)N(Cc3ccccc3)c3c(C(F)(F)F)cccc32)cc1. The van der Waals surface area contributed by atoms with Gasteiger partial charge in [0, 0.05) is 11.1 Å². The number of halogens is 3. The van der Waals surface area contributed by atoms with Crippen molar-refractivity contribution >= 4 is 11.6 Å². The van der Waals surface area contributed by atoms with Gasteiger partial charge in [0.1, 0.15) is 0 Å². The van der Waals surface area contributed by atoms with Gasteiger partial charge in [0.2, 0.25) is 5.60 Å². The summed E-state index contributed by atoms with van der Waals surface area (Å²) in [5.41, 5.74) is -1.70. The zero-order valence-electron chi connectivity index (χ0n) is 16.6. The van der Waals surface area contributed by atoms with Crippen molar-refractivity contribution in [2.24, 2.45) is 0 Å². The number of rotatable bonds is 2. The predicted octanol–water partition coefficient (Wildman–Crippen LogP) is 4.80. The van der Waals surface area contributed by atoms with E-state index >= 15 is 0 Å². The van der Waals surface area contributed by atoms with E-state index in [1.54, 1.807) is 42.5 Å². The Labute approximate surface area is 177 Å². The molecule has 1 aliphatic rings. The Hall–Kier alpha value is -3.56. The predicted molar refractivity (Wildman–Crippen MR) is 111 cm³/mol. The zero-order chi connectivity index (χ0) is 22.2. The fourth-order valence-electron chi connectivity index (χ4n) is 3.60. The second kappa shape index (κ2) is 7.60. The summed E-state index contributed by atoms with van der Waals surface area (Å²) in [6, 6.07) is 19.1. The molecule has 0 saturated heterocycles. The summed E-state index contributed by atoms with van der Waals surface area (Å²) in [5, 5.41) is 11.2. The number of aliphatic hydroxyl groups is 1. The second-order valence-electron chi connectivity index (χ2n) is 7.40. The molecular weight excluding hydrogens is 403 g/mol. The fraction of sp³-hybridized carbons (Fsp3) is 0.160. The highest BCUT2D eigenvalue weighted by Gasteiger charge is 2.52. The van der Waals surface area contributed by atoms with Gasteiger partial charge in [-0.25, -0.2) is 0 Å². The number of hydrogen-bond acceptors (Lipinski definition) is 2. The molecule has 0 fully saturated rings. The minimum atomic E-state index is -4.70. The second-order valence-corrected chi connectivity index (χ2v) is 7.40. The third-order valence-electron chi connectivity index (χ3n) is 5.18. The Morgan fingerprint density at radius 1 is 0.968 bits per heavy atom. The summed E-state index contributed by atoms with van der Waals surface area (Å²) >= 11 is 0. The molecule has 0 spiro atoms. The van der Waals surface area contributed by atoms with Crippen LogP contribution >= 0.6 is 0 Å². The maximum atomic E-state index is 13.8. The number of amides is 1. The summed E-state index contributed by atoms with van der Waals surface area (Å²) in [6.45, 7) is 1.79. The Balaban J connectivity index is 1.86. The maximum Gasteiger partial charge on any atom is 0.418 e. The van der Waals surface area contributed by atoms with Crippen molar-refractivity contribution in [3.8, 4) is 11.8 Å². The molecule has 31 heavy (non-hydrogen) atoms. The molecular formula is C25H18F3NO2. The Morgan fingerprint density at radius 2 is 1.65 bits per heavy atom. The molecule has 0 aromatic heterocycles. The summed E-state index contributed by atoms with van der Waals surface area (Å²) in [5.74, 6) is 4.38. The van der Waals surface area contributed by atoms with Crippen molar-refractivity contribution in [2.45, 2.75) is 25.2 Å². The van der Waals surface area contributed by atoms with E-state index in [1.165, 1.54) is 12.1 Å². The van der Waals surface area contributed by atoms with Crippen LogP contribution in [0.1, 0.15) is 27.8 Å². The van der Waals surface area contributed by atoms with E-state index in [2.05, 4.69) is 11.8 Å². The van der Waals surface area contributed by atoms with Gasteiger partial charge < -0.3 is 10.0 Å². The Morgan fingerprint density at radius 3 is 2.29 bits per heavy atom. The maximum absolute atomic E-state index is 13.8. The van der Waals surface area contributed by atoms with Crippen LogP contribution in [0.25, 0.3) is 0 Å². The lowest BCUT2D eigenvalue weighted by Gasteiger charge is -2.21. The minimum Gasteiger partial charge on any atom is -0.366 e. The van der Waals surface area contributed by atoms with Crippen LogP contribution in [0.4, 0.5) is 18.9 Å². The quantitative estimate of drug-likeness (QED) is 0.604. The van der Waals surface area contributed by atoms with E-state index in [-0.39, 0.29) is 17.8 Å². The number of hydrogen-bond donors (Lipinski definition) is 1. The number of carbonyl (C=O) groups is 1. The number of nitrogens with zero attached hydrogens (tertiary/aromatic N) is 1. The smallest absolute Gasteiger partial charge is 0.366 e. The number of para-hydroxylation sites is 1. The van der Waals surface area contributed by atoms with E-state index < -0.39 is 23.2 Å². The highest BCUT2D eigenvalue weighted by molar-refractivity contribution is 6.09. The lowest BCUT2D eigenvalue weighted by molar-refractivity contribution is -0.137. The molecule has 1 atom stereocenters. The number of carbonyl (C=O) groups excluding carboxylic acids is 1. The molecule has 4 rings (SSSR count). The van der Waals surface area contributed by atoms with Crippen LogP contribution in [0.3, 0.4) is 0 Å². The van der Waals surface area contributed by atoms with Crippen molar-refractivity contribution in [1.29, 1.82) is 0 Å². The minimum absolute atomic E-state index is 0.117. The van der Waals surface area contributed by atoms with Gasteiger partial charge >= 0.3 is 6.18 Å². The van der Waals surface area contributed by atoms with Gasteiger partial charge in [0.15, 0.2) is 0 Å². The van der Waals surface area contributed by atoms with Crippen molar-refractivity contribution in [1.82, 2.24) is 0 Å². The van der Waals surface area contributed by atoms with Crippen molar-refractivity contribution < 1.29 is 23.1 Å². The van der Waals surface area contributed by atoms with Gasteiger partial charge in [0.25, 0.3) is 5.91 Å². The van der Waals surface area contributed by atoms with Gasteiger partial charge in [0.05, 0.1) is 17.8 Å². The summed E-state index contributed by atoms with van der Waals surface area (Å²) in [4.78, 5) is 14.2. The monoisotopic (exact) mass is 421 g/mol. The van der Waals surface area contributed by atoms with E-state index in [0.717, 1.165) is 16.5 Å². The molecule has 0 radical (unpaired) electrons. The van der Waals surface area contributed by atoms with E-state index in [4.69, 9.17) is 0 Å². The molecule has 3 aromatic rings. The summed E-state index contributed by atoms with van der Waals surface area (Å²) in [7, 11) is 0. The molecule has 6 heteroatoms. The number of fused-ring (bicyclic) bond motifs is 1. The molecule has 1 amide bonds. The number of anilines is 1. The highest BCUT2D eigenvalue weighted by Crippen LogP contribution is 2.47. The molecule has 0 unspecified atom stereocenters. The number of aryl methyl sites for hydroxylation is 1. The average Bonchev–Trinajstić information content (AvgIpc) is 2.96. The zero-order valence-corrected chi connectivity index (χ0v) is 16.6. The molecule has 1 heterocycles. The van der Waals surface area contributed by atoms with Crippen LogP contribution in [0.2, 0.25) is 0 Å². The van der Waals surface area contributed by atoms with Crippen LogP contribution < -0.4 is 4.90 Å². The largest absolute Gasteiger partial charge is 0.418 e. The molecule has 156 valence electrons. The number of alkyl halides is 3. The van der Waals surface area contributed by atoms with Crippen LogP contribution in [-0.4, -0.2) is 11.0 Å². The average molecular weight is 421 g/mol. The van der Waals surface area contributed by atoms with Crippen LogP contribution in [-0.2, 0) is 23.1 Å². The van der Waals surface area contributed by atoms with Crippen molar-refractivity contribution in [3.05, 3.63) is 101 Å². The topological polar surface area (TPSA) is 40.5 Å². The molecule has 0 saturated carbocycles. The highest BCUT2D eigenvalue weighted by atomic mass is 19.4. The molecule has 0 bridgehead atoms. The molecule has 1 N–H and O–H groups in total. The van der Waals surface area contributed by atoms with Crippen LogP contribution in [0, 0.1) is 18.8 Å². The lowest BCUT2D eigenvalue weighted by atomic mass is 9.94. The first kappa shape index (κ1) is 20.7. The molecule has 1 aliphatic heterocycles. The number of benzene rings is 3. The van der Waals surface area contributed by atoms with Gasteiger partial charge in [-0.1, -0.05) is 66.1 Å². The van der Waals surface area contributed by atoms with Gasteiger partial charge in [-0.2, -0.15) is 13.2 Å². The fourth-order valence-corrected chi connectivity index (χ4v) is 3.60. The van der Waals surface area contributed by atoms with Crippen molar-refractivity contribution in [2.75, 3.05) is 4.90 Å². The summed E-state index contributed by atoms with van der Waals surface area (Å²) in [6.07, 6.45) is -4.70. The van der Waals surface area contributed by atoms with Gasteiger partial charge in [-0.15, -0.1) is 0 Å². The van der Waals surface area contributed by atoms with E-state index in [9.17, 15) is 23.1 Å². The lowest BCUT2D eigenvalue weighted by Crippen LogP contribution is -2.39. The normalized spacial score (nSPS) is 17.8. The van der Waals surface area contributed by atoms with Crippen LogP contribution in [0.5, 0.6) is 0 Å². The first-order valence-electron chi connectivity index (χ1n) is 9.59. The molecule has 3 aromatic carbocycles. The third-order valence-corrected chi connectivity index (χ3v) is 5.18. The van der Waals surface area contributed by atoms with Gasteiger partial charge in [-0.3, -0.25) is 4.79 Å². The third kappa shape index (κ3) is 3.80. The first-order chi connectivity index (χ1) is 14.7. The summed E-state index contributed by atoms with van der Waals surface area (Å²) < 4.78 is 41.3.